The van der Waals surface area contributed by atoms with Crippen molar-refractivity contribution in [2.75, 3.05) is 0 Å². The monoisotopic (exact) mass is 256 g/mol. The Labute approximate surface area is 114 Å². The fourth-order valence-electron chi connectivity index (χ4n) is 2.68. The Kier molecular flexibility index (Phi) is 4.21. The van der Waals surface area contributed by atoms with Gasteiger partial charge in [-0.15, -0.1) is 0 Å². The van der Waals surface area contributed by atoms with Crippen LogP contribution in [0.3, 0.4) is 0 Å². The van der Waals surface area contributed by atoms with Gasteiger partial charge in [0.1, 0.15) is 5.92 Å². The van der Waals surface area contributed by atoms with Crippen LogP contribution in [0.1, 0.15) is 43.9 Å². The van der Waals surface area contributed by atoms with Crippen molar-refractivity contribution in [1.29, 1.82) is 5.26 Å². The first kappa shape index (κ1) is 13.6. The van der Waals surface area contributed by atoms with Crippen LogP contribution in [0.15, 0.2) is 24.3 Å². The van der Waals surface area contributed by atoms with E-state index in [1.54, 1.807) is 0 Å². The van der Waals surface area contributed by atoms with Gasteiger partial charge in [-0.25, -0.2) is 0 Å². The van der Waals surface area contributed by atoms with Crippen molar-refractivity contribution in [1.82, 2.24) is 5.32 Å². The van der Waals surface area contributed by atoms with Crippen molar-refractivity contribution in [2.24, 2.45) is 11.8 Å². The molecule has 2 rings (SSSR count). The van der Waals surface area contributed by atoms with Crippen molar-refractivity contribution in [2.45, 2.75) is 39.2 Å². The molecular weight excluding hydrogens is 236 g/mol. The zero-order valence-corrected chi connectivity index (χ0v) is 11.5. The Morgan fingerprint density at radius 1 is 1.42 bits per heavy atom. The van der Waals surface area contributed by atoms with Gasteiger partial charge in [0.2, 0.25) is 5.91 Å². The lowest BCUT2D eigenvalue weighted by Crippen LogP contribution is -2.36. The molecule has 0 radical (unpaired) electrons. The van der Waals surface area contributed by atoms with E-state index in [0.29, 0.717) is 0 Å². The maximum Gasteiger partial charge on any atom is 0.238 e. The molecule has 0 saturated heterocycles. The third-order valence-corrected chi connectivity index (χ3v) is 3.77. The standard InChI is InChI=1S/C16H20N2O/c1-11(2)14(10-17)16(19)18-15-9-5-7-12-6-3-4-8-13(12)15/h3-4,6,8,11,14-15H,5,7,9H2,1-2H3,(H,18,19). The maximum absolute atomic E-state index is 12.2. The highest BCUT2D eigenvalue weighted by molar-refractivity contribution is 5.81. The second kappa shape index (κ2) is 5.88. The molecule has 3 nitrogen and oxygen atoms in total. The molecule has 1 aliphatic carbocycles. The van der Waals surface area contributed by atoms with Crippen molar-refractivity contribution in [3.63, 3.8) is 0 Å². The molecule has 2 atom stereocenters. The molecule has 1 aromatic carbocycles. The van der Waals surface area contributed by atoms with E-state index in [2.05, 4.69) is 23.5 Å². The molecular formula is C16H20N2O. The van der Waals surface area contributed by atoms with Crippen LogP contribution in [0, 0.1) is 23.2 Å². The van der Waals surface area contributed by atoms with Crippen molar-refractivity contribution >= 4 is 5.91 Å². The lowest BCUT2D eigenvalue weighted by atomic mass is 9.87. The molecule has 2 unspecified atom stereocenters. The van der Waals surface area contributed by atoms with E-state index < -0.39 is 5.92 Å². The second-order valence-corrected chi connectivity index (χ2v) is 5.50. The lowest BCUT2D eigenvalue weighted by molar-refractivity contribution is -0.125. The predicted molar refractivity (Wildman–Crippen MR) is 74.2 cm³/mol. The molecule has 0 heterocycles. The highest BCUT2D eigenvalue weighted by atomic mass is 16.1. The molecule has 0 spiro atoms. The summed E-state index contributed by atoms with van der Waals surface area (Å²) in [5.74, 6) is -0.655. The number of carbonyl (C=O) groups excluding carboxylic acids is 1. The van der Waals surface area contributed by atoms with E-state index in [4.69, 9.17) is 5.26 Å². The highest BCUT2D eigenvalue weighted by Gasteiger charge is 2.26. The van der Waals surface area contributed by atoms with Crippen LogP contribution in [-0.4, -0.2) is 5.91 Å². The maximum atomic E-state index is 12.2. The van der Waals surface area contributed by atoms with E-state index >= 15 is 0 Å². The summed E-state index contributed by atoms with van der Waals surface area (Å²) in [4.78, 5) is 12.2. The van der Waals surface area contributed by atoms with Crippen LogP contribution in [-0.2, 0) is 11.2 Å². The number of benzene rings is 1. The summed E-state index contributed by atoms with van der Waals surface area (Å²) in [6.45, 7) is 3.81. The Morgan fingerprint density at radius 2 is 2.16 bits per heavy atom. The number of hydrogen-bond acceptors (Lipinski definition) is 2. The second-order valence-electron chi connectivity index (χ2n) is 5.50. The summed E-state index contributed by atoms with van der Waals surface area (Å²) in [5.41, 5.74) is 2.53. The van der Waals surface area contributed by atoms with Crippen molar-refractivity contribution in [3.05, 3.63) is 35.4 Å². The first-order valence-electron chi connectivity index (χ1n) is 6.91. The van der Waals surface area contributed by atoms with Gasteiger partial charge in [0.25, 0.3) is 0 Å². The zero-order chi connectivity index (χ0) is 13.8. The van der Waals surface area contributed by atoms with Gasteiger partial charge in [-0.2, -0.15) is 5.26 Å². The van der Waals surface area contributed by atoms with Gasteiger partial charge in [-0.1, -0.05) is 38.1 Å². The minimum Gasteiger partial charge on any atom is -0.348 e. The molecule has 0 bridgehead atoms. The SMILES string of the molecule is CC(C)C(C#N)C(=O)NC1CCCc2ccccc21. The van der Waals surface area contributed by atoms with Crippen LogP contribution in [0.25, 0.3) is 0 Å². The predicted octanol–water partition coefficient (Wildman–Crippen LogP) is 2.98. The number of rotatable bonds is 3. The quantitative estimate of drug-likeness (QED) is 0.904. The average molecular weight is 256 g/mol. The van der Waals surface area contributed by atoms with Crippen molar-refractivity contribution < 1.29 is 4.79 Å². The summed E-state index contributed by atoms with van der Waals surface area (Å²) in [6.07, 6.45) is 3.12. The van der Waals surface area contributed by atoms with E-state index in [9.17, 15) is 4.79 Å². The molecule has 0 saturated carbocycles. The Morgan fingerprint density at radius 3 is 2.84 bits per heavy atom. The van der Waals surface area contributed by atoms with E-state index in [1.807, 2.05) is 26.0 Å². The van der Waals surface area contributed by atoms with Crippen LogP contribution in [0.2, 0.25) is 0 Å². The topological polar surface area (TPSA) is 52.9 Å². The molecule has 1 N–H and O–H groups in total. The number of nitriles is 1. The van der Waals surface area contributed by atoms with Gasteiger partial charge in [0.15, 0.2) is 0 Å². The fraction of sp³-hybridized carbons (Fsp3) is 0.500. The number of carbonyl (C=O) groups is 1. The smallest absolute Gasteiger partial charge is 0.238 e. The molecule has 1 amide bonds. The average Bonchev–Trinajstić information content (AvgIpc) is 2.39. The molecule has 0 aromatic heterocycles. The number of fused-ring (bicyclic) bond motifs is 1. The van der Waals surface area contributed by atoms with Gasteiger partial charge in [-0.3, -0.25) is 4.79 Å². The Balaban J connectivity index is 2.13. The van der Waals surface area contributed by atoms with Crippen LogP contribution in [0.5, 0.6) is 0 Å². The zero-order valence-electron chi connectivity index (χ0n) is 11.5. The Hall–Kier alpha value is -1.82. The van der Waals surface area contributed by atoms with Crippen LogP contribution < -0.4 is 5.32 Å². The largest absolute Gasteiger partial charge is 0.348 e. The summed E-state index contributed by atoms with van der Waals surface area (Å²) < 4.78 is 0. The molecule has 3 heteroatoms. The number of hydrogen-bond donors (Lipinski definition) is 1. The molecule has 0 aliphatic heterocycles. The van der Waals surface area contributed by atoms with E-state index in [-0.39, 0.29) is 17.9 Å². The number of amides is 1. The molecule has 1 aromatic rings. The minimum atomic E-state index is -0.561. The van der Waals surface area contributed by atoms with Crippen LogP contribution in [0.4, 0.5) is 0 Å². The third kappa shape index (κ3) is 2.96. The fourth-order valence-corrected chi connectivity index (χ4v) is 2.68. The Bertz CT molecular complexity index is 502. The number of nitrogens with one attached hydrogen (secondary N) is 1. The first-order chi connectivity index (χ1) is 9.13. The molecule has 0 fully saturated rings. The lowest BCUT2D eigenvalue weighted by Gasteiger charge is -2.27. The number of aryl methyl sites for hydroxylation is 1. The van der Waals surface area contributed by atoms with Gasteiger partial charge in [-0.05, 0) is 36.3 Å². The summed E-state index contributed by atoms with van der Waals surface area (Å²) in [5, 5.41) is 12.1. The van der Waals surface area contributed by atoms with E-state index in [0.717, 1.165) is 19.3 Å². The third-order valence-electron chi connectivity index (χ3n) is 3.77. The molecule has 100 valence electrons. The first-order valence-corrected chi connectivity index (χ1v) is 6.91. The molecule has 1 aliphatic rings. The van der Waals surface area contributed by atoms with Crippen LogP contribution >= 0.6 is 0 Å². The van der Waals surface area contributed by atoms with Gasteiger partial charge < -0.3 is 5.32 Å². The minimum absolute atomic E-state index is 0.0452. The van der Waals surface area contributed by atoms with Crippen molar-refractivity contribution in [3.8, 4) is 6.07 Å². The summed E-state index contributed by atoms with van der Waals surface area (Å²) in [6, 6.07) is 10.4. The van der Waals surface area contributed by atoms with Gasteiger partial charge >= 0.3 is 0 Å². The normalized spacial score (nSPS) is 19.4. The van der Waals surface area contributed by atoms with Gasteiger partial charge in [0.05, 0.1) is 12.1 Å². The highest BCUT2D eigenvalue weighted by Crippen LogP contribution is 2.29. The number of nitrogens with zero attached hydrogens (tertiary/aromatic N) is 1. The summed E-state index contributed by atoms with van der Waals surface area (Å²) >= 11 is 0. The summed E-state index contributed by atoms with van der Waals surface area (Å²) in [7, 11) is 0. The molecule has 19 heavy (non-hydrogen) atoms. The van der Waals surface area contributed by atoms with E-state index in [1.165, 1.54) is 11.1 Å². The van der Waals surface area contributed by atoms with Gasteiger partial charge in [0, 0.05) is 0 Å².